The van der Waals surface area contributed by atoms with Gasteiger partial charge in [-0.1, -0.05) is 30.3 Å². The van der Waals surface area contributed by atoms with E-state index in [4.69, 9.17) is 4.74 Å². The highest BCUT2D eigenvalue weighted by atomic mass is 32.1. The molecule has 0 saturated heterocycles. The van der Waals surface area contributed by atoms with Gasteiger partial charge >= 0.3 is 11.7 Å². The lowest BCUT2D eigenvalue weighted by Gasteiger charge is -2.13. The van der Waals surface area contributed by atoms with E-state index in [-0.39, 0.29) is 18.7 Å². The summed E-state index contributed by atoms with van der Waals surface area (Å²) in [5, 5.41) is 0.415. The molecule has 7 nitrogen and oxygen atoms in total. The quantitative estimate of drug-likeness (QED) is 0.435. The van der Waals surface area contributed by atoms with Gasteiger partial charge in [0.2, 0.25) is 0 Å². The number of aromatic nitrogens is 3. The van der Waals surface area contributed by atoms with E-state index in [0.717, 1.165) is 31.0 Å². The Bertz CT molecular complexity index is 1450. The highest BCUT2D eigenvalue weighted by Crippen LogP contribution is 2.42. The molecule has 3 aromatic heterocycles. The molecule has 8 heteroatoms. The Labute approximate surface area is 189 Å². The minimum absolute atomic E-state index is 0.114. The summed E-state index contributed by atoms with van der Waals surface area (Å²) in [7, 11) is 3.10. The number of ether oxygens (including phenoxy) is 1. The Balaban J connectivity index is 2.27. The van der Waals surface area contributed by atoms with Gasteiger partial charge < -0.3 is 9.30 Å². The van der Waals surface area contributed by atoms with E-state index < -0.39 is 11.7 Å². The van der Waals surface area contributed by atoms with Crippen LogP contribution >= 0.6 is 11.3 Å². The lowest BCUT2D eigenvalue weighted by Crippen LogP contribution is -2.37. The molecule has 166 valence electrons. The molecule has 0 fully saturated rings. The van der Waals surface area contributed by atoms with Crippen LogP contribution in [0.25, 0.3) is 33.4 Å². The van der Waals surface area contributed by atoms with Crippen molar-refractivity contribution in [3.05, 3.63) is 67.0 Å². The Hall–Kier alpha value is -3.39. The Kier molecular flexibility index (Phi) is 5.64. The lowest BCUT2D eigenvalue weighted by atomic mass is 9.99. The van der Waals surface area contributed by atoms with Crippen molar-refractivity contribution in [1.29, 1.82) is 0 Å². The average Bonchev–Trinajstić information content (AvgIpc) is 3.27. The number of hydrogen-bond acceptors (Lipinski definition) is 5. The molecule has 0 atom stereocenters. The molecule has 0 aliphatic rings. The zero-order valence-corrected chi connectivity index (χ0v) is 19.6. The first-order chi connectivity index (χ1) is 15.3. The van der Waals surface area contributed by atoms with E-state index in [9.17, 15) is 14.4 Å². The van der Waals surface area contributed by atoms with E-state index in [2.05, 4.69) is 6.07 Å². The van der Waals surface area contributed by atoms with Crippen LogP contribution in [0.4, 0.5) is 0 Å². The SMILES string of the molecule is CCOC(=O)Cn1c(-c2ccccc2)c(-c2cc(C)sc2C)c2c(=O)n(C)c(=O)n(C)c21. The minimum atomic E-state index is -0.450. The van der Waals surface area contributed by atoms with E-state index in [1.54, 1.807) is 29.9 Å². The number of nitrogens with zero attached hydrogens (tertiary/aromatic N) is 3. The van der Waals surface area contributed by atoms with Crippen molar-refractivity contribution >= 4 is 28.3 Å². The second kappa shape index (κ2) is 8.27. The van der Waals surface area contributed by atoms with E-state index in [1.807, 2.05) is 44.2 Å². The molecular weight excluding hydrogens is 426 g/mol. The molecule has 0 unspecified atom stereocenters. The van der Waals surface area contributed by atoms with Crippen molar-refractivity contribution in [3.8, 4) is 22.4 Å². The third-order valence-corrected chi connectivity index (χ3v) is 6.56. The summed E-state index contributed by atoms with van der Waals surface area (Å²) in [5.41, 5.74) is 2.79. The molecule has 0 aliphatic heterocycles. The highest BCUT2D eigenvalue weighted by molar-refractivity contribution is 7.12. The third-order valence-electron chi connectivity index (χ3n) is 5.60. The smallest absolute Gasteiger partial charge is 0.332 e. The van der Waals surface area contributed by atoms with Crippen LogP contribution in [0.3, 0.4) is 0 Å². The van der Waals surface area contributed by atoms with Crippen molar-refractivity contribution in [3.63, 3.8) is 0 Å². The highest BCUT2D eigenvalue weighted by Gasteiger charge is 2.28. The molecule has 32 heavy (non-hydrogen) atoms. The van der Waals surface area contributed by atoms with Crippen LogP contribution in [0.5, 0.6) is 0 Å². The molecule has 0 bridgehead atoms. The van der Waals surface area contributed by atoms with Gasteiger partial charge in [0.1, 0.15) is 12.2 Å². The topological polar surface area (TPSA) is 75.2 Å². The summed E-state index contributed by atoms with van der Waals surface area (Å²) in [6.45, 7) is 5.92. The first-order valence-electron chi connectivity index (χ1n) is 10.4. The zero-order valence-electron chi connectivity index (χ0n) is 18.8. The van der Waals surface area contributed by atoms with Crippen LogP contribution in [0, 0.1) is 13.8 Å². The molecule has 4 rings (SSSR count). The summed E-state index contributed by atoms with van der Waals surface area (Å²) >= 11 is 1.65. The first-order valence-corrected chi connectivity index (χ1v) is 11.2. The van der Waals surface area contributed by atoms with Gasteiger partial charge in [0, 0.05) is 29.4 Å². The Morgan fingerprint density at radius 1 is 1.06 bits per heavy atom. The average molecular weight is 452 g/mol. The molecule has 0 amide bonds. The summed E-state index contributed by atoms with van der Waals surface area (Å²) in [4.78, 5) is 41.0. The summed E-state index contributed by atoms with van der Waals surface area (Å²) in [6.07, 6.45) is 0. The minimum Gasteiger partial charge on any atom is -0.465 e. The van der Waals surface area contributed by atoms with Crippen LogP contribution in [0.15, 0.2) is 46.0 Å². The number of thiophene rings is 1. The van der Waals surface area contributed by atoms with Crippen molar-refractivity contribution < 1.29 is 9.53 Å². The zero-order chi connectivity index (χ0) is 23.2. The van der Waals surface area contributed by atoms with E-state index >= 15 is 0 Å². The largest absolute Gasteiger partial charge is 0.465 e. The van der Waals surface area contributed by atoms with E-state index in [0.29, 0.717) is 16.7 Å². The molecule has 4 aromatic rings. The maximum Gasteiger partial charge on any atom is 0.332 e. The van der Waals surface area contributed by atoms with Crippen molar-refractivity contribution in [1.82, 2.24) is 13.7 Å². The molecule has 0 radical (unpaired) electrons. The second-order valence-corrected chi connectivity index (χ2v) is 9.17. The monoisotopic (exact) mass is 451 g/mol. The van der Waals surface area contributed by atoms with Crippen LogP contribution in [0.2, 0.25) is 0 Å². The number of rotatable bonds is 5. The van der Waals surface area contributed by atoms with Gasteiger partial charge in [0.15, 0.2) is 0 Å². The molecule has 0 spiro atoms. The second-order valence-electron chi connectivity index (χ2n) is 7.71. The molecule has 0 N–H and O–H groups in total. The third kappa shape index (κ3) is 3.40. The summed E-state index contributed by atoms with van der Waals surface area (Å²) in [5.74, 6) is -0.431. The van der Waals surface area contributed by atoms with Crippen molar-refractivity contribution in [2.75, 3.05) is 6.61 Å². The first kappa shape index (κ1) is 21.8. The van der Waals surface area contributed by atoms with Gasteiger partial charge in [-0.3, -0.25) is 18.7 Å². The number of aryl methyl sites for hydroxylation is 3. The number of esters is 1. The fourth-order valence-corrected chi connectivity index (χ4v) is 5.19. The fourth-order valence-electron chi connectivity index (χ4n) is 4.25. The predicted octanol–water partition coefficient (Wildman–Crippen LogP) is 3.61. The molecule has 0 saturated carbocycles. The predicted molar refractivity (Wildman–Crippen MR) is 127 cm³/mol. The number of fused-ring (bicyclic) bond motifs is 1. The van der Waals surface area contributed by atoms with Gasteiger partial charge in [0.05, 0.1) is 17.7 Å². The van der Waals surface area contributed by atoms with Gasteiger partial charge in [-0.15, -0.1) is 11.3 Å². The summed E-state index contributed by atoms with van der Waals surface area (Å²) in [6, 6.07) is 11.7. The number of carbonyl (C=O) groups is 1. The van der Waals surface area contributed by atoms with Crippen molar-refractivity contribution in [2.45, 2.75) is 27.3 Å². The van der Waals surface area contributed by atoms with Crippen molar-refractivity contribution in [2.24, 2.45) is 14.1 Å². The van der Waals surface area contributed by atoms with Crippen LogP contribution in [-0.2, 0) is 30.2 Å². The molecular formula is C24H25N3O4S. The molecule has 0 aliphatic carbocycles. The normalized spacial score (nSPS) is 11.3. The van der Waals surface area contributed by atoms with Crippen LogP contribution in [-0.4, -0.2) is 26.3 Å². The van der Waals surface area contributed by atoms with Gasteiger partial charge in [0.25, 0.3) is 5.56 Å². The van der Waals surface area contributed by atoms with Crippen LogP contribution < -0.4 is 11.2 Å². The maximum atomic E-state index is 13.4. The maximum absolute atomic E-state index is 13.4. The molecule has 3 heterocycles. The Morgan fingerprint density at radius 3 is 2.34 bits per heavy atom. The van der Waals surface area contributed by atoms with Gasteiger partial charge in [-0.2, -0.15) is 0 Å². The summed E-state index contributed by atoms with van der Waals surface area (Å²) < 4.78 is 9.51. The number of hydrogen-bond donors (Lipinski definition) is 0. The van der Waals surface area contributed by atoms with Crippen LogP contribution in [0.1, 0.15) is 16.7 Å². The molecule has 1 aromatic carbocycles. The number of carbonyl (C=O) groups excluding carboxylic acids is 1. The fraction of sp³-hybridized carbons (Fsp3) is 0.292. The standard InChI is InChI=1S/C24H25N3O4S/c1-6-31-18(28)13-27-21(16-10-8-7-9-11-16)19(17-12-14(2)32-15(17)3)20-22(27)25(4)24(30)26(5)23(20)29/h7-12H,6,13H2,1-5H3. The number of benzene rings is 1. The van der Waals surface area contributed by atoms with Gasteiger partial charge in [-0.25, -0.2) is 4.79 Å². The lowest BCUT2D eigenvalue weighted by molar-refractivity contribution is -0.143. The Morgan fingerprint density at radius 2 is 1.75 bits per heavy atom. The van der Waals surface area contributed by atoms with E-state index in [1.165, 1.54) is 11.6 Å². The van der Waals surface area contributed by atoms with Gasteiger partial charge in [-0.05, 0) is 38.0 Å².